The van der Waals surface area contributed by atoms with E-state index in [4.69, 9.17) is 0 Å². The van der Waals surface area contributed by atoms with Crippen molar-refractivity contribution in [3.63, 3.8) is 0 Å². The zero-order valence-corrected chi connectivity index (χ0v) is 13.4. The molecule has 0 aliphatic carbocycles. The first-order valence-electron chi connectivity index (χ1n) is 7.95. The van der Waals surface area contributed by atoms with Gasteiger partial charge in [-0.1, -0.05) is 20.8 Å². The summed E-state index contributed by atoms with van der Waals surface area (Å²) >= 11 is 0. The van der Waals surface area contributed by atoms with Crippen molar-refractivity contribution in [1.29, 1.82) is 0 Å². The summed E-state index contributed by atoms with van der Waals surface area (Å²) in [6.07, 6.45) is 2.52. The maximum absolute atomic E-state index is 13.5. The van der Waals surface area contributed by atoms with Crippen LogP contribution in [0, 0.1) is 5.82 Å². The van der Waals surface area contributed by atoms with Crippen molar-refractivity contribution in [1.82, 2.24) is 15.2 Å². The van der Waals surface area contributed by atoms with Crippen molar-refractivity contribution < 1.29 is 4.39 Å². The summed E-state index contributed by atoms with van der Waals surface area (Å²) in [5, 5.41) is 3.35. The van der Waals surface area contributed by atoms with Crippen LogP contribution in [-0.4, -0.2) is 48.6 Å². The molecule has 1 aliphatic rings. The molecule has 1 fully saturated rings. The van der Waals surface area contributed by atoms with Crippen LogP contribution in [0.4, 0.5) is 10.2 Å². The number of hydrogen-bond donors (Lipinski definition) is 1. The summed E-state index contributed by atoms with van der Waals surface area (Å²) in [4.78, 5) is 9.10. The Kier molecular flexibility index (Phi) is 5.94. The van der Waals surface area contributed by atoms with E-state index in [9.17, 15) is 4.39 Å². The van der Waals surface area contributed by atoms with Gasteiger partial charge in [-0.3, -0.25) is 4.90 Å². The molecular formula is C16H27FN4. The summed E-state index contributed by atoms with van der Waals surface area (Å²) in [6.45, 7) is 12.3. The smallest absolute Gasteiger partial charge is 0.141 e. The van der Waals surface area contributed by atoms with Gasteiger partial charge in [-0.15, -0.1) is 0 Å². The highest BCUT2D eigenvalue weighted by atomic mass is 19.1. The largest absolute Gasteiger partial charge is 0.354 e. The summed E-state index contributed by atoms with van der Waals surface area (Å²) in [5.41, 5.74) is 0.952. The third-order valence-corrected chi connectivity index (χ3v) is 3.82. The van der Waals surface area contributed by atoms with Crippen LogP contribution < -0.4 is 10.2 Å². The van der Waals surface area contributed by atoms with Crippen LogP contribution in [0.15, 0.2) is 12.3 Å². The molecule has 4 nitrogen and oxygen atoms in total. The van der Waals surface area contributed by atoms with Crippen LogP contribution in [0.5, 0.6) is 0 Å². The van der Waals surface area contributed by atoms with Gasteiger partial charge < -0.3 is 10.2 Å². The Balaban J connectivity index is 2.05. The average molecular weight is 294 g/mol. The molecule has 118 valence electrons. The quantitative estimate of drug-likeness (QED) is 0.872. The SMILES string of the molecule is CCCN1CCN(c2ncc(F)cc2CNC(C)C)CC1. The molecule has 1 aliphatic heterocycles. The second-order valence-corrected chi connectivity index (χ2v) is 6.00. The van der Waals surface area contributed by atoms with Crippen LogP contribution in [0.1, 0.15) is 32.8 Å². The lowest BCUT2D eigenvalue weighted by Crippen LogP contribution is -2.47. The number of aromatic nitrogens is 1. The van der Waals surface area contributed by atoms with Crippen molar-refractivity contribution in [2.75, 3.05) is 37.6 Å². The van der Waals surface area contributed by atoms with Gasteiger partial charge in [-0.2, -0.15) is 0 Å². The summed E-state index contributed by atoms with van der Waals surface area (Å²) in [6, 6.07) is 1.98. The van der Waals surface area contributed by atoms with E-state index in [2.05, 4.69) is 40.9 Å². The third kappa shape index (κ3) is 4.64. The Hall–Kier alpha value is -1.20. The van der Waals surface area contributed by atoms with E-state index in [1.165, 1.54) is 12.6 Å². The van der Waals surface area contributed by atoms with E-state index >= 15 is 0 Å². The lowest BCUT2D eigenvalue weighted by molar-refractivity contribution is 0.257. The zero-order valence-electron chi connectivity index (χ0n) is 13.4. The van der Waals surface area contributed by atoms with Crippen molar-refractivity contribution >= 4 is 5.82 Å². The van der Waals surface area contributed by atoms with Gasteiger partial charge in [0.05, 0.1) is 6.20 Å². The van der Waals surface area contributed by atoms with Crippen LogP contribution in [-0.2, 0) is 6.54 Å². The molecule has 2 heterocycles. The monoisotopic (exact) mass is 294 g/mol. The zero-order chi connectivity index (χ0) is 15.2. The first-order chi connectivity index (χ1) is 10.1. The molecule has 0 aromatic carbocycles. The fourth-order valence-electron chi connectivity index (χ4n) is 2.70. The standard InChI is InChI=1S/C16H27FN4/c1-4-5-20-6-8-21(9-7-20)16-14(11-18-13(2)3)10-15(17)12-19-16/h10,12-13,18H,4-9,11H2,1-3H3. The number of pyridine rings is 1. The van der Waals surface area contributed by atoms with E-state index < -0.39 is 0 Å². The highest BCUT2D eigenvalue weighted by Gasteiger charge is 2.20. The molecule has 0 unspecified atom stereocenters. The van der Waals surface area contributed by atoms with Gasteiger partial charge in [0.1, 0.15) is 11.6 Å². The molecule has 1 aromatic rings. The van der Waals surface area contributed by atoms with Crippen LogP contribution in [0.25, 0.3) is 0 Å². The van der Waals surface area contributed by atoms with Crippen LogP contribution >= 0.6 is 0 Å². The maximum atomic E-state index is 13.5. The Morgan fingerprint density at radius 2 is 2.00 bits per heavy atom. The van der Waals surface area contributed by atoms with Gasteiger partial charge in [0.2, 0.25) is 0 Å². The number of hydrogen-bond acceptors (Lipinski definition) is 4. The van der Waals surface area contributed by atoms with Crippen LogP contribution in [0.2, 0.25) is 0 Å². The Bertz CT molecular complexity index is 442. The molecule has 0 spiro atoms. The maximum Gasteiger partial charge on any atom is 0.141 e. The van der Waals surface area contributed by atoms with Gasteiger partial charge in [-0.05, 0) is 19.0 Å². The van der Waals surface area contributed by atoms with Gasteiger partial charge in [0.15, 0.2) is 0 Å². The van der Waals surface area contributed by atoms with Crippen molar-refractivity contribution in [3.8, 4) is 0 Å². The number of nitrogens with zero attached hydrogens (tertiary/aromatic N) is 3. The summed E-state index contributed by atoms with van der Waals surface area (Å²) in [7, 11) is 0. The van der Waals surface area contributed by atoms with Crippen molar-refractivity contribution in [2.24, 2.45) is 0 Å². The predicted octanol–water partition coefficient (Wildman–Crippen LogP) is 2.25. The Morgan fingerprint density at radius 1 is 1.29 bits per heavy atom. The fraction of sp³-hybridized carbons (Fsp3) is 0.688. The number of halogens is 1. The molecule has 1 aromatic heterocycles. The fourth-order valence-corrected chi connectivity index (χ4v) is 2.70. The molecule has 5 heteroatoms. The van der Waals surface area contributed by atoms with Crippen molar-refractivity contribution in [2.45, 2.75) is 39.8 Å². The molecular weight excluding hydrogens is 267 g/mol. The molecule has 1 saturated heterocycles. The predicted molar refractivity (Wildman–Crippen MR) is 85.1 cm³/mol. The average Bonchev–Trinajstić information content (AvgIpc) is 2.46. The first kappa shape index (κ1) is 16.2. The number of anilines is 1. The molecule has 0 amide bonds. The lowest BCUT2D eigenvalue weighted by Gasteiger charge is -2.36. The highest BCUT2D eigenvalue weighted by molar-refractivity contribution is 5.47. The number of nitrogens with one attached hydrogen (secondary N) is 1. The Labute approximate surface area is 127 Å². The normalized spacial score (nSPS) is 16.7. The van der Waals surface area contributed by atoms with Gasteiger partial charge in [-0.25, -0.2) is 9.37 Å². The van der Waals surface area contributed by atoms with Crippen LogP contribution in [0.3, 0.4) is 0 Å². The third-order valence-electron chi connectivity index (χ3n) is 3.82. The van der Waals surface area contributed by atoms with E-state index in [1.54, 1.807) is 6.07 Å². The minimum atomic E-state index is -0.260. The Morgan fingerprint density at radius 3 is 2.62 bits per heavy atom. The van der Waals surface area contributed by atoms with E-state index in [0.29, 0.717) is 12.6 Å². The highest BCUT2D eigenvalue weighted by Crippen LogP contribution is 2.20. The number of piperazine rings is 1. The van der Waals surface area contributed by atoms with Crippen molar-refractivity contribution in [3.05, 3.63) is 23.6 Å². The van der Waals surface area contributed by atoms with Gasteiger partial charge >= 0.3 is 0 Å². The van der Waals surface area contributed by atoms with E-state index in [-0.39, 0.29) is 5.82 Å². The second kappa shape index (κ2) is 7.71. The summed E-state index contributed by atoms with van der Waals surface area (Å²) in [5.74, 6) is 0.671. The molecule has 0 saturated carbocycles. The summed E-state index contributed by atoms with van der Waals surface area (Å²) < 4.78 is 13.5. The molecule has 2 rings (SSSR count). The number of rotatable bonds is 6. The van der Waals surface area contributed by atoms with Gasteiger partial charge in [0.25, 0.3) is 0 Å². The van der Waals surface area contributed by atoms with E-state index in [0.717, 1.165) is 44.1 Å². The van der Waals surface area contributed by atoms with Gasteiger partial charge in [0, 0.05) is 44.3 Å². The first-order valence-corrected chi connectivity index (χ1v) is 7.95. The molecule has 0 radical (unpaired) electrons. The van der Waals surface area contributed by atoms with E-state index in [1.807, 2.05) is 0 Å². The second-order valence-electron chi connectivity index (χ2n) is 6.00. The molecule has 1 N–H and O–H groups in total. The minimum absolute atomic E-state index is 0.260. The molecule has 0 bridgehead atoms. The lowest BCUT2D eigenvalue weighted by atomic mass is 10.2. The minimum Gasteiger partial charge on any atom is -0.354 e. The topological polar surface area (TPSA) is 31.4 Å². The molecule has 0 atom stereocenters. The molecule has 21 heavy (non-hydrogen) atoms.